The summed E-state index contributed by atoms with van der Waals surface area (Å²) in [5.41, 5.74) is 2.05. The maximum absolute atomic E-state index is 13.6. The maximum atomic E-state index is 13.6. The maximum Gasteiger partial charge on any atom is 0.263 e. The molecule has 4 rings (SSSR count). The number of piperazine rings is 1. The Morgan fingerprint density at radius 3 is 2.35 bits per heavy atom. The standard InChI is InChI=1S/C28H35ClN4O3S/c1-2-3-4-5-9-15-26-27(30-22-33(28(26)34)25-14-10-13-24(29)20-25)31-16-18-32(19-17-31)37(35,36)21-23-11-7-6-8-12-23/h6-8,10-14,20,22H,2-5,9,15-19,21H2,1H3. The molecule has 0 atom stereocenters. The van der Waals surface area contributed by atoms with E-state index in [1.54, 1.807) is 27.3 Å². The molecule has 1 fully saturated rings. The van der Waals surface area contributed by atoms with Crippen LogP contribution >= 0.6 is 11.6 Å². The number of rotatable bonds is 11. The lowest BCUT2D eigenvalue weighted by Crippen LogP contribution is -2.50. The van der Waals surface area contributed by atoms with Gasteiger partial charge in [0, 0.05) is 31.2 Å². The number of sulfonamides is 1. The fraction of sp³-hybridized carbons (Fsp3) is 0.429. The predicted octanol–water partition coefficient (Wildman–Crippen LogP) is 5.05. The number of aromatic nitrogens is 2. The lowest BCUT2D eigenvalue weighted by atomic mass is 10.1. The van der Waals surface area contributed by atoms with Gasteiger partial charge in [0.25, 0.3) is 5.56 Å². The zero-order valence-corrected chi connectivity index (χ0v) is 22.9. The molecule has 0 amide bonds. The zero-order valence-electron chi connectivity index (χ0n) is 21.4. The molecule has 0 N–H and O–H groups in total. The molecule has 0 spiro atoms. The van der Waals surface area contributed by atoms with Crippen LogP contribution in [0.2, 0.25) is 5.02 Å². The van der Waals surface area contributed by atoms with Crippen LogP contribution in [0.3, 0.4) is 0 Å². The Labute approximate surface area is 224 Å². The van der Waals surface area contributed by atoms with Gasteiger partial charge in [-0.2, -0.15) is 4.31 Å². The van der Waals surface area contributed by atoms with Crippen molar-refractivity contribution in [3.8, 4) is 5.69 Å². The third-order valence-corrected chi connectivity index (χ3v) is 8.87. The van der Waals surface area contributed by atoms with Gasteiger partial charge in [0.15, 0.2) is 0 Å². The summed E-state index contributed by atoms with van der Waals surface area (Å²) in [6, 6.07) is 16.4. The van der Waals surface area contributed by atoms with E-state index in [4.69, 9.17) is 16.6 Å². The summed E-state index contributed by atoms with van der Waals surface area (Å²) in [6.07, 6.45) is 7.66. The molecule has 1 aromatic heterocycles. The molecular formula is C28H35ClN4O3S. The van der Waals surface area contributed by atoms with E-state index in [-0.39, 0.29) is 11.3 Å². The summed E-state index contributed by atoms with van der Waals surface area (Å²) < 4.78 is 29.1. The molecule has 1 aliphatic heterocycles. The van der Waals surface area contributed by atoms with Gasteiger partial charge in [-0.1, -0.05) is 80.6 Å². The van der Waals surface area contributed by atoms with Crippen molar-refractivity contribution in [3.05, 3.63) is 87.4 Å². The molecule has 0 saturated carbocycles. The minimum atomic E-state index is -3.42. The number of nitrogens with zero attached hydrogens (tertiary/aromatic N) is 4. The first kappa shape index (κ1) is 27.4. The molecule has 2 heterocycles. The van der Waals surface area contributed by atoms with E-state index in [2.05, 4.69) is 11.8 Å². The summed E-state index contributed by atoms with van der Waals surface area (Å²) >= 11 is 6.18. The Morgan fingerprint density at radius 2 is 1.65 bits per heavy atom. The Balaban J connectivity index is 1.53. The van der Waals surface area contributed by atoms with Gasteiger partial charge in [-0.3, -0.25) is 9.36 Å². The Morgan fingerprint density at radius 1 is 0.919 bits per heavy atom. The minimum absolute atomic E-state index is 0.00915. The summed E-state index contributed by atoms with van der Waals surface area (Å²) in [5, 5.41) is 0.558. The molecule has 2 aromatic carbocycles. The van der Waals surface area contributed by atoms with Crippen molar-refractivity contribution in [1.82, 2.24) is 13.9 Å². The average Bonchev–Trinajstić information content (AvgIpc) is 2.89. The second-order valence-electron chi connectivity index (χ2n) is 9.49. The van der Waals surface area contributed by atoms with Crippen LogP contribution in [-0.2, 0) is 22.2 Å². The third kappa shape index (κ3) is 7.00. The van der Waals surface area contributed by atoms with Crippen LogP contribution in [0.5, 0.6) is 0 Å². The Kier molecular flexibility index (Phi) is 9.40. The van der Waals surface area contributed by atoms with Crippen LogP contribution < -0.4 is 10.5 Å². The van der Waals surface area contributed by atoms with Gasteiger partial charge in [-0.05, 0) is 36.6 Å². The Hall–Kier alpha value is -2.68. The minimum Gasteiger partial charge on any atom is -0.354 e. The van der Waals surface area contributed by atoms with Gasteiger partial charge >= 0.3 is 0 Å². The summed E-state index contributed by atoms with van der Waals surface area (Å²) in [6.45, 7) is 3.89. The zero-order chi connectivity index (χ0) is 26.3. The molecule has 7 nitrogen and oxygen atoms in total. The van der Waals surface area contributed by atoms with Gasteiger partial charge in [-0.15, -0.1) is 0 Å². The van der Waals surface area contributed by atoms with Crippen molar-refractivity contribution >= 4 is 27.4 Å². The first-order valence-corrected chi connectivity index (χ1v) is 15.0. The molecule has 3 aromatic rings. The molecule has 0 radical (unpaired) electrons. The molecule has 0 unspecified atom stereocenters. The van der Waals surface area contributed by atoms with Crippen molar-refractivity contribution in [1.29, 1.82) is 0 Å². The monoisotopic (exact) mass is 542 g/mol. The van der Waals surface area contributed by atoms with E-state index in [0.717, 1.165) is 31.2 Å². The second kappa shape index (κ2) is 12.7. The first-order valence-electron chi connectivity index (χ1n) is 13.0. The number of benzene rings is 2. The van der Waals surface area contributed by atoms with Crippen molar-refractivity contribution in [2.45, 2.75) is 51.2 Å². The van der Waals surface area contributed by atoms with Crippen LogP contribution in [0, 0.1) is 0 Å². The predicted molar refractivity (Wildman–Crippen MR) is 150 cm³/mol. The molecule has 0 aliphatic carbocycles. The van der Waals surface area contributed by atoms with E-state index >= 15 is 0 Å². The largest absolute Gasteiger partial charge is 0.354 e. The van der Waals surface area contributed by atoms with Gasteiger partial charge in [0.2, 0.25) is 10.0 Å². The van der Waals surface area contributed by atoms with E-state index in [9.17, 15) is 13.2 Å². The highest BCUT2D eigenvalue weighted by molar-refractivity contribution is 7.88. The molecular weight excluding hydrogens is 508 g/mol. The first-order chi connectivity index (χ1) is 17.9. The SMILES string of the molecule is CCCCCCCc1c(N2CCN(S(=O)(=O)Cc3ccccc3)CC2)ncn(-c2cccc(Cl)c2)c1=O. The van der Waals surface area contributed by atoms with E-state index in [1.165, 1.54) is 6.42 Å². The Bertz CT molecular complexity index is 1340. The molecule has 198 valence electrons. The van der Waals surface area contributed by atoms with Crippen molar-refractivity contribution < 1.29 is 8.42 Å². The van der Waals surface area contributed by atoms with E-state index < -0.39 is 10.0 Å². The number of unbranched alkanes of at least 4 members (excludes halogenated alkanes) is 4. The molecule has 9 heteroatoms. The summed E-state index contributed by atoms with van der Waals surface area (Å²) in [7, 11) is -3.42. The molecule has 1 saturated heterocycles. The normalized spacial score (nSPS) is 14.7. The lowest BCUT2D eigenvalue weighted by molar-refractivity contribution is 0.382. The third-order valence-electron chi connectivity index (χ3n) is 6.78. The van der Waals surface area contributed by atoms with E-state index in [0.29, 0.717) is 54.7 Å². The quantitative estimate of drug-likeness (QED) is 0.317. The highest BCUT2D eigenvalue weighted by Gasteiger charge is 2.29. The fourth-order valence-electron chi connectivity index (χ4n) is 4.74. The van der Waals surface area contributed by atoms with Crippen molar-refractivity contribution in [2.24, 2.45) is 0 Å². The topological polar surface area (TPSA) is 75.5 Å². The number of hydrogen-bond acceptors (Lipinski definition) is 5. The smallest absolute Gasteiger partial charge is 0.263 e. The van der Waals surface area contributed by atoms with Crippen molar-refractivity contribution in [2.75, 3.05) is 31.1 Å². The highest BCUT2D eigenvalue weighted by atomic mass is 35.5. The van der Waals surface area contributed by atoms with Gasteiger partial charge in [-0.25, -0.2) is 13.4 Å². The molecule has 0 bridgehead atoms. The van der Waals surface area contributed by atoms with Crippen LogP contribution in [0.4, 0.5) is 5.82 Å². The van der Waals surface area contributed by atoms with Crippen LogP contribution in [0.15, 0.2) is 65.7 Å². The van der Waals surface area contributed by atoms with E-state index in [1.807, 2.05) is 42.5 Å². The molecule has 1 aliphatic rings. The van der Waals surface area contributed by atoms with Gasteiger partial charge < -0.3 is 4.90 Å². The summed E-state index contributed by atoms with van der Waals surface area (Å²) in [5.74, 6) is 0.656. The van der Waals surface area contributed by atoms with Gasteiger partial charge in [0.05, 0.1) is 17.0 Å². The number of anilines is 1. The average molecular weight is 543 g/mol. The summed E-state index contributed by atoms with van der Waals surface area (Å²) in [4.78, 5) is 20.4. The number of halogens is 1. The van der Waals surface area contributed by atoms with Crippen LogP contribution in [0.1, 0.15) is 50.2 Å². The van der Waals surface area contributed by atoms with Gasteiger partial charge in [0.1, 0.15) is 12.1 Å². The van der Waals surface area contributed by atoms with Crippen molar-refractivity contribution in [3.63, 3.8) is 0 Å². The van der Waals surface area contributed by atoms with Crippen LogP contribution in [0.25, 0.3) is 5.69 Å². The molecule has 37 heavy (non-hydrogen) atoms. The highest BCUT2D eigenvalue weighted by Crippen LogP contribution is 2.22. The van der Waals surface area contributed by atoms with Crippen LogP contribution in [-0.4, -0.2) is 48.5 Å². The lowest BCUT2D eigenvalue weighted by Gasteiger charge is -2.35. The fourth-order valence-corrected chi connectivity index (χ4v) is 6.44. The number of hydrogen-bond donors (Lipinski definition) is 0. The second-order valence-corrected chi connectivity index (χ2v) is 11.9.